The van der Waals surface area contributed by atoms with E-state index in [0.29, 0.717) is 11.7 Å². The normalized spacial score (nSPS) is 24.6. The molecule has 0 heterocycles. The monoisotopic (exact) mass is 274 g/mol. The van der Waals surface area contributed by atoms with Gasteiger partial charge >= 0.3 is 12.0 Å². The molecule has 0 spiro atoms. The van der Waals surface area contributed by atoms with Crippen LogP contribution < -0.4 is 10.6 Å². The minimum absolute atomic E-state index is 0.179. The van der Waals surface area contributed by atoms with Gasteiger partial charge in [0, 0.05) is 11.3 Å². The predicted octanol–water partition coefficient (Wildman–Crippen LogP) is 1.82. The molecule has 1 rings (SSSR count). The van der Waals surface area contributed by atoms with Crippen LogP contribution in [-0.4, -0.2) is 40.7 Å². The van der Waals surface area contributed by atoms with Gasteiger partial charge < -0.3 is 15.7 Å². The van der Waals surface area contributed by atoms with Crippen molar-refractivity contribution in [2.45, 2.75) is 56.4 Å². The summed E-state index contributed by atoms with van der Waals surface area (Å²) in [6.07, 6.45) is 6.33. The van der Waals surface area contributed by atoms with Crippen LogP contribution in [0.5, 0.6) is 0 Å². The predicted molar refractivity (Wildman–Crippen MR) is 72.9 cm³/mol. The maximum atomic E-state index is 11.7. The summed E-state index contributed by atoms with van der Waals surface area (Å²) in [5, 5.41) is 14.9. The number of aliphatic carboxylic acids is 1. The first-order valence-corrected chi connectivity index (χ1v) is 7.68. The Bertz CT molecular complexity index is 299. The Hall–Kier alpha value is -0.910. The van der Waals surface area contributed by atoms with Crippen molar-refractivity contribution in [3.63, 3.8) is 0 Å². The summed E-state index contributed by atoms with van der Waals surface area (Å²) >= 11 is 1.82. The number of urea groups is 1. The highest BCUT2D eigenvalue weighted by molar-refractivity contribution is 7.99. The van der Waals surface area contributed by atoms with E-state index in [-0.39, 0.29) is 12.1 Å². The van der Waals surface area contributed by atoms with Gasteiger partial charge in [-0.15, -0.1) is 0 Å². The molecule has 0 aliphatic heterocycles. The first-order valence-electron chi connectivity index (χ1n) is 6.39. The number of carboxylic acids is 1. The van der Waals surface area contributed by atoms with Crippen LogP contribution in [0, 0.1) is 0 Å². The third kappa shape index (κ3) is 4.76. The molecule has 3 atom stereocenters. The van der Waals surface area contributed by atoms with E-state index in [1.54, 1.807) is 0 Å². The van der Waals surface area contributed by atoms with Crippen molar-refractivity contribution in [2.75, 3.05) is 6.26 Å². The molecule has 0 saturated heterocycles. The Morgan fingerprint density at radius 1 is 1.44 bits per heavy atom. The Morgan fingerprint density at radius 3 is 2.67 bits per heavy atom. The van der Waals surface area contributed by atoms with Gasteiger partial charge in [0.15, 0.2) is 0 Å². The third-order valence-corrected chi connectivity index (χ3v) is 4.33. The molecule has 0 aromatic rings. The van der Waals surface area contributed by atoms with Crippen molar-refractivity contribution in [1.29, 1.82) is 0 Å². The molecule has 1 fully saturated rings. The zero-order valence-electron chi connectivity index (χ0n) is 10.9. The molecule has 18 heavy (non-hydrogen) atoms. The van der Waals surface area contributed by atoms with E-state index in [0.717, 1.165) is 25.7 Å². The lowest BCUT2D eigenvalue weighted by Crippen LogP contribution is -2.48. The minimum Gasteiger partial charge on any atom is -0.480 e. The fourth-order valence-corrected chi connectivity index (χ4v) is 3.01. The van der Waals surface area contributed by atoms with Crippen molar-refractivity contribution in [3.8, 4) is 0 Å². The van der Waals surface area contributed by atoms with Crippen LogP contribution in [0.25, 0.3) is 0 Å². The number of amides is 2. The number of hydrogen-bond acceptors (Lipinski definition) is 3. The van der Waals surface area contributed by atoms with Gasteiger partial charge in [-0.05, 0) is 31.9 Å². The summed E-state index contributed by atoms with van der Waals surface area (Å²) in [5.74, 6) is -0.972. The third-order valence-electron chi connectivity index (χ3n) is 3.23. The first-order chi connectivity index (χ1) is 8.56. The fourth-order valence-electron chi connectivity index (χ4n) is 2.22. The maximum Gasteiger partial charge on any atom is 0.326 e. The Morgan fingerprint density at radius 2 is 2.17 bits per heavy atom. The van der Waals surface area contributed by atoms with Crippen molar-refractivity contribution < 1.29 is 14.7 Å². The average molecular weight is 274 g/mol. The molecule has 2 amide bonds. The van der Waals surface area contributed by atoms with E-state index in [4.69, 9.17) is 5.11 Å². The number of carbonyl (C=O) groups is 2. The molecule has 5 nitrogen and oxygen atoms in total. The van der Waals surface area contributed by atoms with E-state index < -0.39 is 12.0 Å². The van der Waals surface area contributed by atoms with Crippen molar-refractivity contribution in [1.82, 2.24) is 10.6 Å². The van der Waals surface area contributed by atoms with Crippen LogP contribution in [0.3, 0.4) is 0 Å². The lowest BCUT2D eigenvalue weighted by molar-refractivity contribution is -0.139. The van der Waals surface area contributed by atoms with Gasteiger partial charge in [-0.3, -0.25) is 0 Å². The molecule has 104 valence electrons. The zero-order valence-corrected chi connectivity index (χ0v) is 11.8. The van der Waals surface area contributed by atoms with Gasteiger partial charge in [0.25, 0.3) is 0 Å². The van der Waals surface area contributed by atoms with Crippen molar-refractivity contribution >= 4 is 23.8 Å². The summed E-state index contributed by atoms with van der Waals surface area (Å²) in [6, 6.07) is -0.964. The van der Waals surface area contributed by atoms with E-state index in [1.165, 1.54) is 0 Å². The number of carboxylic acid groups (broad SMARTS) is 1. The topological polar surface area (TPSA) is 78.4 Å². The number of thioether (sulfide) groups is 1. The summed E-state index contributed by atoms with van der Waals surface area (Å²) in [7, 11) is 0. The van der Waals surface area contributed by atoms with Crippen LogP contribution in [0.4, 0.5) is 4.79 Å². The van der Waals surface area contributed by atoms with Gasteiger partial charge in [-0.25, -0.2) is 9.59 Å². The van der Waals surface area contributed by atoms with E-state index >= 15 is 0 Å². The highest BCUT2D eigenvalue weighted by Gasteiger charge is 2.26. The van der Waals surface area contributed by atoms with Crippen molar-refractivity contribution in [3.05, 3.63) is 0 Å². The van der Waals surface area contributed by atoms with Crippen LogP contribution in [-0.2, 0) is 4.79 Å². The van der Waals surface area contributed by atoms with E-state index in [9.17, 15) is 9.59 Å². The summed E-state index contributed by atoms with van der Waals surface area (Å²) < 4.78 is 0. The molecule has 0 bridgehead atoms. The number of hydrogen-bond donors (Lipinski definition) is 3. The average Bonchev–Trinajstić information content (AvgIpc) is 2.76. The van der Waals surface area contributed by atoms with E-state index in [1.807, 2.05) is 18.7 Å². The summed E-state index contributed by atoms with van der Waals surface area (Å²) in [5.41, 5.74) is 0. The highest BCUT2D eigenvalue weighted by Crippen LogP contribution is 2.27. The molecule has 0 radical (unpaired) electrons. The second-order valence-electron chi connectivity index (χ2n) is 4.66. The Kier molecular flexibility index (Phi) is 6.32. The molecule has 0 aromatic heterocycles. The molecule has 3 N–H and O–H groups in total. The lowest BCUT2D eigenvalue weighted by Gasteiger charge is -2.17. The summed E-state index contributed by atoms with van der Waals surface area (Å²) in [4.78, 5) is 22.6. The van der Waals surface area contributed by atoms with Crippen LogP contribution in [0.15, 0.2) is 0 Å². The van der Waals surface area contributed by atoms with Gasteiger partial charge in [0.2, 0.25) is 0 Å². The maximum absolute atomic E-state index is 11.7. The van der Waals surface area contributed by atoms with Gasteiger partial charge in [0.05, 0.1) is 0 Å². The zero-order chi connectivity index (χ0) is 13.5. The smallest absolute Gasteiger partial charge is 0.326 e. The first kappa shape index (κ1) is 15.1. The molecule has 6 heteroatoms. The lowest BCUT2D eigenvalue weighted by atomic mass is 10.2. The number of rotatable bonds is 6. The van der Waals surface area contributed by atoms with Gasteiger partial charge in [-0.2, -0.15) is 11.8 Å². The Balaban J connectivity index is 2.34. The molecular weight excluding hydrogens is 252 g/mol. The van der Waals surface area contributed by atoms with Crippen LogP contribution >= 0.6 is 11.8 Å². The SMILES string of the molecule is CCC[C@H](NC(=O)NC1CCC(SC)C1)C(=O)O. The van der Waals surface area contributed by atoms with Gasteiger partial charge in [0.1, 0.15) is 6.04 Å². The number of carbonyl (C=O) groups excluding carboxylic acids is 1. The molecule has 1 aliphatic rings. The fraction of sp³-hybridized carbons (Fsp3) is 0.833. The second kappa shape index (κ2) is 7.51. The minimum atomic E-state index is -0.972. The van der Waals surface area contributed by atoms with Crippen LogP contribution in [0.1, 0.15) is 39.0 Å². The Labute approximate surface area is 112 Å². The largest absolute Gasteiger partial charge is 0.480 e. The molecular formula is C12H22N2O3S. The molecule has 1 saturated carbocycles. The van der Waals surface area contributed by atoms with E-state index in [2.05, 4.69) is 16.9 Å². The van der Waals surface area contributed by atoms with Gasteiger partial charge in [-0.1, -0.05) is 13.3 Å². The molecule has 0 aromatic carbocycles. The molecule has 2 unspecified atom stereocenters. The quantitative estimate of drug-likeness (QED) is 0.690. The molecule has 1 aliphatic carbocycles. The van der Waals surface area contributed by atoms with Crippen molar-refractivity contribution in [2.24, 2.45) is 0 Å². The second-order valence-corrected chi connectivity index (χ2v) is 5.80. The standard InChI is InChI=1S/C12H22N2O3S/c1-3-4-10(11(15)16)14-12(17)13-8-5-6-9(7-8)18-2/h8-10H,3-7H2,1-2H3,(H,15,16)(H2,13,14,17)/t8?,9?,10-/m0/s1. The number of nitrogens with one attached hydrogen (secondary N) is 2. The van der Waals surface area contributed by atoms with Crippen LogP contribution in [0.2, 0.25) is 0 Å². The summed E-state index contributed by atoms with van der Waals surface area (Å²) in [6.45, 7) is 1.90. The highest BCUT2D eigenvalue weighted by atomic mass is 32.2.